The average Bonchev–Trinajstić information content (AvgIpc) is 2.90. The molecule has 2 rings (SSSR count). The zero-order chi connectivity index (χ0) is 13.7. The number of aliphatic hydroxyl groups excluding tert-OH is 1. The fourth-order valence-electron chi connectivity index (χ4n) is 2.37. The number of rotatable bonds is 6. The van der Waals surface area contributed by atoms with Crippen LogP contribution in [0.2, 0.25) is 0 Å². The summed E-state index contributed by atoms with van der Waals surface area (Å²) in [4.78, 5) is 21.5. The van der Waals surface area contributed by atoms with Gasteiger partial charge in [0.25, 0.3) is 0 Å². The molecule has 106 valence electrons. The van der Waals surface area contributed by atoms with Gasteiger partial charge in [-0.05, 0) is 6.42 Å². The Labute approximate surface area is 113 Å². The highest BCUT2D eigenvalue weighted by molar-refractivity contribution is 5.82. The Kier molecular flexibility index (Phi) is 4.93. The molecule has 1 unspecified atom stereocenters. The highest BCUT2D eigenvalue weighted by Gasteiger charge is 2.28. The van der Waals surface area contributed by atoms with E-state index in [2.05, 4.69) is 22.2 Å². The van der Waals surface area contributed by atoms with Gasteiger partial charge in [-0.15, -0.1) is 0 Å². The lowest BCUT2D eigenvalue weighted by Gasteiger charge is -2.29. The van der Waals surface area contributed by atoms with Crippen molar-refractivity contribution in [2.75, 3.05) is 19.7 Å². The largest absolute Gasteiger partial charge is 0.395 e. The molecule has 1 aliphatic rings. The van der Waals surface area contributed by atoms with E-state index >= 15 is 0 Å². The second kappa shape index (κ2) is 6.68. The van der Waals surface area contributed by atoms with Gasteiger partial charge in [-0.3, -0.25) is 10.1 Å². The first-order valence-electron chi connectivity index (χ1n) is 6.90. The fraction of sp³-hybridized carbons (Fsp3) is 0.692. The van der Waals surface area contributed by atoms with E-state index < -0.39 is 0 Å². The highest BCUT2D eigenvalue weighted by Crippen LogP contribution is 2.14. The molecule has 1 aromatic rings. The molecule has 0 aliphatic carbocycles. The molecule has 0 saturated carbocycles. The van der Waals surface area contributed by atoms with Crippen LogP contribution in [0.15, 0.2) is 6.33 Å². The van der Waals surface area contributed by atoms with Crippen LogP contribution in [0.3, 0.4) is 0 Å². The predicted octanol–water partition coefficient (Wildman–Crippen LogP) is 0.0450. The number of carbonyl (C=O) groups is 1. The van der Waals surface area contributed by atoms with Gasteiger partial charge in [-0.1, -0.05) is 13.3 Å². The van der Waals surface area contributed by atoms with Crippen molar-refractivity contribution in [2.45, 2.75) is 38.8 Å². The van der Waals surface area contributed by atoms with Crippen LogP contribution in [-0.4, -0.2) is 51.6 Å². The number of fused-ring (bicyclic) bond motifs is 1. The van der Waals surface area contributed by atoms with E-state index in [1.807, 2.05) is 0 Å². The number of H-pyrrole nitrogens is 1. The fourth-order valence-corrected chi connectivity index (χ4v) is 2.37. The summed E-state index contributed by atoms with van der Waals surface area (Å²) in [7, 11) is 0. The van der Waals surface area contributed by atoms with E-state index in [1.165, 1.54) is 0 Å². The first kappa shape index (κ1) is 14.0. The van der Waals surface area contributed by atoms with Gasteiger partial charge in [0.05, 0.1) is 30.4 Å². The molecule has 0 fully saturated rings. The zero-order valence-corrected chi connectivity index (χ0v) is 11.4. The average molecular weight is 266 g/mol. The van der Waals surface area contributed by atoms with Crippen molar-refractivity contribution in [1.82, 2.24) is 20.2 Å². The molecule has 1 amide bonds. The number of aliphatic hydroxyl groups is 1. The van der Waals surface area contributed by atoms with E-state index in [-0.39, 0.29) is 18.6 Å². The summed E-state index contributed by atoms with van der Waals surface area (Å²) in [6.45, 7) is 3.87. The van der Waals surface area contributed by atoms with Crippen molar-refractivity contribution in [2.24, 2.45) is 0 Å². The number of hydrogen-bond donors (Lipinski definition) is 3. The van der Waals surface area contributed by atoms with Crippen molar-refractivity contribution in [3.05, 3.63) is 17.7 Å². The smallest absolute Gasteiger partial charge is 0.240 e. The molecule has 2 heterocycles. The molecule has 1 aliphatic heterocycles. The molecule has 3 N–H and O–H groups in total. The summed E-state index contributed by atoms with van der Waals surface area (Å²) in [6.07, 6.45) is 4.29. The summed E-state index contributed by atoms with van der Waals surface area (Å²) < 4.78 is 0. The van der Waals surface area contributed by atoms with E-state index in [9.17, 15) is 4.79 Å². The van der Waals surface area contributed by atoms with Gasteiger partial charge in [-0.2, -0.15) is 0 Å². The van der Waals surface area contributed by atoms with E-state index in [1.54, 1.807) is 11.2 Å². The Bertz CT molecular complexity index is 419. The molecule has 1 atom stereocenters. The second-order valence-corrected chi connectivity index (χ2v) is 4.87. The lowest BCUT2D eigenvalue weighted by molar-refractivity contribution is -0.134. The van der Waals surface area contributed by atoms with Gasteiger partial charge in [0.15, 0.2) is 0 Å². The zero-order valence-electron chi connectivity index (χ0n) is 11.4. The minimum absolute atomic E-state index is 0.00975. The molecule has 19 heavy (non-hydrogen) atoms. The number of nitrogens with zero attached hydrogens (tertiary/aromatic N) is 2. The first-order chi connectivity index (χ1) is 9.26. The van der Waals surface area contributed by atoms with Crippen LogP contribution >= 0.6 is 0 Å². The number of hydrogen-bond acceptors (Lipinski definition) is 4. The predicted molar refractivity (Wildman–Crippen MR) is 71.5 cm³/mol. The number of imidazole rings is 1. The van der Waals surface area contributed by atoms with E-state index in [0.717, 1.165) is 24.2 Å². The van der Waals surface area contributed by atoms with Crippen molar-refractivity contribution in [3.63, 3.8) is 0 Å². The van der Waals surface area contributed by atoms with Crippen LogP contribution in [-0.2, 0) is 17.8 Å². The number of nitrogens with one attached hydrogen (secondary N) is 2. The summed E-state index contributed by atoms with van der Waals surface area (Å²) in [5, 5.41) is 12.3. The van der Waals surface area contributed by atoms with Gasteiger partial charge in [-0.25, -0.2) is 4.98 Å². The van der Waals surface area contributed by atoms with Crippen molar-refractivity contribution in [1.29, 1.82) is 0 Å². The normalized spacial score (nSPS) is 18.1. The number of aromatic amines is 1. The Balaban J connectivity index is 1.98. The molecule has 0 aromatic carbocycles. The molecule has 6 nitrogen and oxygen atoms in total. The van der Waals surface area contributed by atoms with Crippen LogP contribution in [0.25, 0.3) is 0 Å². The lowest BCUT2D eigenvalue weighted by atomic mass is 10.0. The Morgan fingerprint density at radius 3 is 3.16 bits per heavy atom. The monoisotopic (exact) mass is 266 g/mol. The molecule has 0 spiro atoms. The van der Waals surface area contributed by atoms with Crippen molar-refractivity contribution >= 4 is 5.91 Å². The van der Waals surface area contributed by atoms with Gasteiger partial charge in [0.2, 0.25) is 5.91 Å². The van der Waals surface area contributed by atoms with Gasteiger partial charge in [0, 0.05) is 26.1 Å². The third-order valence-electron chi connectivity index (χ3n) is 3.49. The quantitative estimate of drug-likeness (QED) is 0.679. The summed E-state index contributed by atoms with van der Waals surface area (Å²) in [6, 6.07) is -0.223. The SMILES string of the molecule is CCCCN(CCO)C(=O)C1Cc2nc[nH]c2CN1. The third kappa shape index (κ3) is 3.33. The van der Waals surface area contributed by atoms with Crippen molar-refractivity contribution < 1.29 is 9.90 Å². The minimum Gasteiger partial charge on any atom is -0.395 e. The lowest BCUT2D eigenvalue weighted by Crippen LogP contribution is -2.50. The van der Waals surface area contributed by atoms with Crippen LogP contribution < -0.4 is 5.32 Å². The topological polar surface area (TPSA) is 81.2 Å². The minimum atomic E-state index is -0.223. The van der Waals surface area contributed by atoms with Crippen LogP contribution in [0, 0.1) is 0 Å². The maximum absolute atomic E-state index is 12.4. The van der Waals surface area contributed by atoms with Gasteiger partial charge < -0.3 is 15.0 Å². The number of carbonyl (C=O) groups excluding carboxylic acids is 1. The standard InChI is InChI=1S/C13H22N4O2/c1-2-3-4-17(5-6-18)13(19)11-7-10-12(8-14-11)16-9-15-10/h9,11,14,18H,2-8H2,1H3,(H,15,16). The number of unbranched alkanes of at least 4 members (excludes halogenated alkanes) is 1. The van der Waals surface area contributed by atoms with E-state index in [0.29, 0.717) is 26.1 Å². The van der Waals surface area contributed by atoms with Crippen LogP contribution in [0.4, 0.5) is 0 Å². The summed E-state index contributed by atoms with van der Waals surface area (Å²) in [5.41, 5.74) is 2.03. The summed E-state index contributed by atoms with van der Waals surface area (Å²) >= 11 is 0. The Morgan fingerprint density at radius 2 is 2.42 bits per heavy atom. The molecular weight excluding hydrogens is 244 g/mol. The molecular formula is C13H22N4O2. The van der Waals surface area contributed by atoms with E-state index in [4.69, 9.17) is 5.11 Å². The Morgan fingerprint density at radius 1 is 1.58 bits per heavy atom. The van der Waals surface area contributed by atoms with Crippen LogP contribution in [0.5, 0.6) is 0 Å². The maximum Gasteiger partial charge on any atom is 0.240 e. The molecule has 0 saturated heterocycles. The molecule has 0 radical (unpaired) electrons. The first-order valence-corrected chi connectivity index (χ1v) is 6.90. The Hall–Kier alpha value is -1.40. The molecule has 1 aromatic heterocycles. The molecule has 0 bridgehead atoms. The maximum atomic E-state index is 12.4. The van der Waals surface area contributed by atoms with Crippen LogP contribution in [0.1, 0.15) is 31.2 Å². The van der Waals surface area contributed by atoms with Crippen molar-refractivity contribution in [3.8, 4) is 0 Å². The molecule has 6 heteroatoms. The number of aromatic nitrogens is 2. The summed E-state index contributed by atoms with van der Waals surface area (Å²) in [5.74, 6) is 0.0659. The number of amides is 1. The van der Waals surface area contributed by atoms with Gasteiger partial charge >= 0.3 is 0 Å². The third-order valence-corrected chi connectivity index (χ3v) is 3.49. The highest BCUT2D eigenvalue weighted by atomic mass is 16.3. The second-order valence-electron chi connectivity index (χ2n) is 4.87. The van der Waals surface area contributed by atoms with Gasteiger partial charge in [0.1, 0.15) is 0 Å².